The Morgan fingerprint density at radius 2 is 2.05 bits per heavy atom. The highest BCUT2D eigenvalue weighted by Gasteiger charge is 2.03. The van der Waals surface area contributed by atoms with Crippen LogP contribution in [0.3, 0.4) is 0 Å². The molecule has 20 heavy (non-hydrogen) atoms. The number of hydrogen-bond acceptors (Lipinski definition) is 2. The zero-order valence-electron chi connectivity index (χ0n) is 11.4. The fourth-order valence-corrected chi connectivity index (χ4v) is 1.81. The van der Waals surface area contributed by atoms with Gasteiger partial charge in [-0.3, -0.25) is 4.98 Å². The molecule has 0 bridgehead atoms. The quantitative estimate of drug-likeness (QED) is 0.627. The first-order chi connectivity index (χ1) is 9.81. The molecule has 3 heteroatoms. The van der Waals surface area contributed by atoms with E-state index in [0.717, 1.165) is 22.6 Å². The molecular formula is C17H16ClNO. The molecule has 2 nitrogen and oxygen atoms in total. The summed E-state index contributed by atoms with van der Waals surface area (Å²) in [6.45, 7) is 2.47. The Kier molecular flexibility index (Phi) is 5.46. The van der Waals surface area contributed by atoms with Gasteiger partial charge in [0.05, 0.1) is 11.3 Å². The Bertz CT molecular complexity index is 628. The van der Waals surface area contributed by atoms with Crippen molar-refractivity contribution in [3.8, 4) is 17.6 Å². The van der Waals surface area contributed by atoms with Crippen LogP contribution < -0.4 is 4.74 Å². The first-order valence-corrected chi connectivity index (χ1v) is 7.02. The summed E-state index contributed by atoms with van der Waals surface area (Å²) in [5.41, 5.74) is 2.94. The number of pyridine rings is 1. The van der Waals surface area contributed by atoms with Crippen molar-refractivity contribution in [1.29, 1.82) is 0 Å². The van der Waals surface area contributed by atoms with Crippen molar-refractivity contribution in [3.63, 3.8) is 0 Å². The third-order valence-electron chi connectivity index (χ3n) is 2.81. The van der Waals surface area contributed by atoms with E-state index in [-0.39, 0.29) is 0 Å². The van der Waals surface area contributed by atoms with Crippen LogP contribution in [-0.2, 0) is 6.61 Å². The van der Waals surface area contributed by atoms with Crippen LogP contribution >= 0.6 is 11.6 Å². The Morgan fingerprint density at radius 3 is 2.85 bits per heavy atom. The summed E-state index contributed by atoms with van der Waals surface area (Å²) in [5, 5.41) is 0. The highest BCUT2D eigenvalue weighted by atomic mass is 35.5. The molecule has 102 valence electrons. The Labute approximate surface area is 124 Å². The first-order valence-electron chi connectivity index (χ1n) is 6.48. The lowest BCUT2D eigenvalue weighted by molar-refractivity contribution is 0.299. The molecule has 0 aliphatic carbocycles. The predicted octanol–water partition coefficient (Wildman–Crippen LogP) is 3.95. The second kappa shape index (κ2) is 7.57. The Morgan fingerprint density at radius 1 is 1.20 bits per heavy atom. The number of alkyl halides is 1. The van der Waals surface area contributed by atoms with Gasteiger partial charge in [-0.1, -0.05) is 30.0 Å². The molecule has 0 aliphatic heterocycles. The van der Waals surface area contributed by atoms with Gasteiger partial charge in [0, 0.05) is 18.5 Å². The van der Waals surface area contributed by atoms with E-state index >= 15 is 0 Å². The van der Waals surface area contributed by atoms with E-state index < -0.39 is 0 Å². The van der Waals surface area contributed by atoms with Crippen molar-refractivity contribution in [2.45, 2.75) is 20.0 Å². The van der Waals surface area contributed by atoms with E-state index in [9.17, 15) is 0 Å². The maximum absolute atomic E-state index is 5.84. The molecule has 1 aromatic heterocycles. The van der Waals surface area contributed by atoms with E-state index in [1.165, 1.54) is 0 Å². The molecule has 1 aromatic carbocycles. The summed E-state index contributed by atoms with van der Waals surface area (Å²) in [7, 11) is 0. The average molecular weight is 286 g/mol. The van der Waals surface area contributed by atoms with Gasteiger partial charge in [0.2, 0.25) is 0 Å². The van der Waals surface area contributed by atoms with Crippen LogP contribution in [0.4, 0.5) is 0 Å². The van der Waals surface area contributed by atoms with Gasteiger partial charge in [-0.05, 0) is 30.7 Å². The molecule has 0 atom stereocenters. The monoisotopic (exact) mass is 285 g/mol. The fraction of sp³-hybridized carbons (Fsp3) is 0.235. The lowest BCUT2D eigenvalue weighted by Crippen LogP contribution is -2.01. The maximum atomic E-state index is 5.84. The molecule has 2 rings (SSSR count). The smallest absolute Gasteiger partial charge is 0.135 e. The van der Waals surface area contributed by atoms with Crippen LogP contribution in [0, 0.1) is 18.8 Å². The predicted molar refractivity (Wildman–Crippen MR) is 82.0 cm³/mol. The van der Waals surface area contributed by atoms with Crippen LogP contribution in [0.15, 0.2) is 42.6 Å². The standard InChI is InChI=1S/C17H16ClNO/c1-14-7-6-12-19-16(14)13-20-17-10-3-2-8-15(17)9-4-5-11-18/h2-3,6-8,10,12H,5,11,13H2,1H3. The number of ether oxygens (including phenoxy) is 1. The van der Waals surface area contributed by atoms with Gasteiger partial charge >= 0.3 is 0 Å². The first kappa shape index (κ1) is 14.4. The van der Waals surface area contributed by atoms with Crippen molar-refractivity contribution in [2.75, 3.05) is 5.88 Å². The topological polar surface area (TPSA) is 22.1 Å². The molecule has 2 aromatic rings. The van der Waals surface area contributed by atoms with Gasteiger partial charge in [-0.25, -0.2) is 0 Å². The molecule has 0 radical (unpaired) electrons. The summed E-state index contributed by atoms with van der Waals surface area (Å²) in [6, 6.07) is 11.7. The van der Waals surface area contributed by atoms with Gasteiger partial charge in [0.15, 0.2) is 0 Å². The summed E-state index contributed by atoms with van der Waals surface area (Å²) in [6.07, 6.45) is 2.45. The van der Waals surface area contributed by atoms with Gasteiger partial charge in [0.1, 0.15) is 12.4 Å². The summed E-state index contributed by atoms with van der Waals surface area (Å²) >= 11 is 5.62. The number of para-hydroxylation sites is 1. The van der Waals surface area contributed by atoms with Gasteiger partial charge in [-0.2, -0.15) is 0 Å². The minimum atomic E-state index is 0.445. The van der Waals surface area contributed by atoms with Gasteiger partial charge in [-0.15, -0.1) is 11.6 Å². The number of halogens is 1. The van der Waals surface area contributed by atoms with Crippen molar-refractivity contribution in [2.24, 2.45) is 0 Å². The van der Waals surface area contributed by atoms with Crippen molar-refractivity contribution >= 4 is 11.6 Å². The van der Waals surface area contributed by atoms with E-state index in [1.54, 1.807) is 6.20 Å². The molecule has 0 saturated heterocycles. The number of rotatable bonds is 4. The second-order valence-corrected chi connectivity index (χ2v) is 4.67. The molecule has 0 amide bonds. The number of aromatic nitrogens is 1. The van der Waals surface area contributed by atoms with E-state index in [1.807, 2.05) is 43.3 Å². The maximum Gasteiger partial charge on any atom is 0.135 e. The number of hydrogen-bond donors (Lipinski definition) is 0. The lowest BCUT2D eigenvalue weighted by atomic mass is 10.2. The molecule has 0 spiro atoms. The van der Waals surface area contributed by atoms with E-state index in [2.05, 4.69) is 16.8 Å². The average Bonchev–Trinajstić information content (AvgIpc) is 2.48. The molecule has 0 N–H and O–H groups in total. The van der Waals surface area contributed by atoms with Crippen LogP contribution in [0.5, 0.6) is 5.75 Å². The molecule has 1 heterocycles. The number of benzene rings is 1. The van der Waals surface area contributed by atoms with Crippen molar-refractivity contribution < 1.29 is 4.74 Å². The minimum absolute atomic E-state index is 0.445. The molecule has 0 saturated carbocycles. The normalized spacial score (nSPS) is 9.70. The highest BCUT2D eigenvalue weighted by Crippen LogP contribution is 2.18. The zero-order valence-corrected chi connectivity index (χ0v) is 12.2. The summed E-state index contributed by atoms with van der Waals surface area (Å²) < 4.78 is 5.84. The summed E-state index contributed by atoms with van der Waals surface area (Å²) in [4.78, 5) is 4.32. The largest absolute Gasteiger partial charge is 0.486 e. The van der Waals surface area contributed by atoms with E-state index in [0.29, 0.717) is 18.9 Å². The minimum Gasteiger partial charge on any atom is -0.486 e. The molecule has 0 unspecified atom stereocenters. The van der Waals surface area contributed by atoms with Crippen molar-refractivity contribution in [3.05, 3.63) is 59.4 Å². The lowest BCUT2D eigenvalue weighted by Gasteiger charge is -2.09. The van der Waals surface area contributed by atoms with Crippen LogP contribution in [-0.4, -0.2) is 10.9 Å². The van der Waals surface area contributed by atoms with Crippen molar-refractivity contribution in [1.82, 2.24) is 4.98 Å². The number of nitrogens with zero attached hydrogens (tertiary/aromatic N) is 1. The Balaban J connectivity index is 2.10. The second-order valence-electron chi connectivity index (χ2n) is 4.29. The zero-order chi connectivity index (χ0) is 14.2. The van der Waals surface area contributed by atoms with Crippen LogP contribution in [0.2, 0.25) is 0 Å². The third-order valence-corrected chi connectivity index (χ3v) is 3.00. The SMILES string of the molecule is Cc1cccnc1COc1ccccc1C#CCCCl. The van der Waals surface area contributed by atoms with Crippen LogP contribution in [0.1, 0.15) is 23.2 Å². The third kappa shape index (κ3) is 4.01. The highest BCUT2D eigenvalue weighted by molar-refractivity contribution is 6.18. The molecule has 0 fully saturated rings. The fourth-order valence-electron chi connectivity index (χ4n) is 1.72. The number of aryl methyl sites for hydroxylation is 1. The Hall–Kier alpha value is -1.98. The van der Waals surface area contributed by atoms with Gasteiger partial charge in [0.25, 0.3) is 0 Å². The van der Waals surface area contributed by atoms with E-state index in [4.69, 9.17) is 16.3 Å². The molecular weight excluding hydrogens is 270 g/mol. The molecule has 0 aliphatic rings. The van der Waals surface area contributed by atoms with Gasteiger partial charge < -0.3 is 4.74 Å². The summed E-state index contributed by atoms with van der Waals surface area (Å²) in [5.74, 6) is 7.43. The van der Waals surface area contributed by atoms with Crippen LogP contribution in [0.25, 0.3) is 0 Å².